The van der Waals surface area contributed by atoms with Crippen molar-refractivity contribution in [3.05, 3.63) is 12.7 Å². The van der Waals surface area contributed by atoms with Crippen molar-refractivity contribution in [2.45, 2.75) is 103 Å². The van der Waals surface area contributed by atoms with Crippen LogP contribution >= 0.6 is 11.8 Å². The molecule has 196 valence electrons. The summed E-state index contributed by atoms with van der Waals surface area (Å²) < 4.78 is 6.31. The van der Waals surface area contributed by atoms with E-state index in [0.717, 1.165) is 44.2 Å². The van der Waals surface area contributed by atoms with Gasteiger partial charge in [-0.2, -0.15) is 0 Å². The van der Waals surface area contributed by atoms with Gasteiger partial charge in [0.1, 0.15) is 11.9 Å². The number of aliphatic hydroxyl groups is 1. The predicted octanol–water partition coefficient (Wildman–Crippen LogP) is 5.40. The average molecular weight is 506 g/mol. The summed E-state index contributed by atoms with van der Waals surface area (Å²) in [5.74, 6) is 0.231. The molecule has 4 saturated carbocycles. The van der Waals surface area contributed by atoms with Crippen LogP contribution in [0.4, 0.5) is 0 Å². The van der Waals surface area contributed by atoms with E-state index in [1.807, 2.05) is 13.0 Å². The van der Waals surface area contributed by atoms with Crippen LogP contribution in [0.1, 0.15) is 85.5 Å². The van der Waals surface area contributed by atoms with Gasteiger partial charge in [-0.1, -0.05) is 38.9 Å². The zero-order chi connectivity index (χ0) is 25.6. The summed E-state index contributed by atoms with van der Waals surface area (Å²) in [6, 6.07) is 0. The lowest BCUT2D eigenvalue weighted by molar-refractivity contribution is -0.205. The fourth-order valence-electron chi connectivity index (χ4n) is 8.11. The molecule has 6 nitrogen and oxygen atoms in total. The minimum absolute atomic E-state index is 0.0327. The number of oxime groups is 1. The van der Waals surface area contributed by atoms with E-state index in [9.17, 15) is 14.7 Å². The molecule has 0 heterocycles. The Labute approximate surface area is 214 Å². The van der Waals surface area contributed by atoms with Crippen molar-refractivity contribution in [3.8, 4) is 0 Å². The first-order valence-electron chi connectivity index (χ1n) is 13.4. The zero-order valence-electron chi connectivity index (χ0n) is 21.8. The maximum atomic E-state index is 13.5. The van der Waals surface area contributed by atoms with Crippen LogP contribution in [0.3, 0.4) is 0 Å². The van der Waals surface area contributed by atoms with Gasteiger partial charge in [0, 0.05) is 34.8 Å². The van der Waals surface area contributed by atoms with Gasteiger partial charge >= 0.3 is 5.97 Å². The third-order valence-electron chi connectivity index (χ3n) is 10.6. The number of carbonyl (C=O) groups is 2. The second-order valence-electron chi connectivity index (χ2n) is 12.3. The molecule has 7 heteroatoms. The molecule has 4 aliphatic rings. The molecule has 35 heavy (non-hydrogen) atoms. The Morgan fingerprint density at radius 2 is 2.00 bits per heavy atom. The molecule has 2 N–H and O–H groups in total. The molecular weight excluding hydrogens is 462 g/mol. The Morgan fingerprint density at radius 1 is 1.26 bits per heavy atom. The number of ketones is 1. The number of hydrogen-bond acceptors (Lipinski definition) is 7. The van der Waals surface area contributed by atoms with E-state index in [1.165, 1.54) is 0 Å². The van der Waals surface area contributed by atoms with Gasteiger partial charge in [-0.05, 0) is 62.2 Å². The van der Waals surface area contributed by atoms with E-state index in [-0.39, 0.29) is 45.9 Å². The van der Waals surface area contributed by atoms with Crippen molar-refractivity contribution in [3.63, 3.8) is 0 Å². The molecule has 0 saturated heterocycles. The number of ether oxygens (including phenoxy) is 1. The van der Waals surface area contributed by atoms with Crippen molar-refractivity contribution < 1.29 is 24.6 Å². The maximum absolute atomic E-state index is 13.5. The highest BCUT2D eigenvalue weighted by Crippen LogP contribution is 2.68. The number of rotatable bonds is 5. The number of thioether (sulfide) groups is 1. The Balaban J connectivity index is 1.62. The van der Waals surface area contributed by atoms with Gasteiger partial charge in [0.15, 0.2) is 0 Å². The first-order valence-corrected chi connectivity index (χ1v) is 14.4. The van der Waals surface area contributed by atoms with Crippen molar-refractivity contribution in [1.82, 2.24) is 0 Å². The number of carbonyl (C=O) groups excluding carboxylic acids is 2. The molecule has 0 aliphatic heterocycles. The molecule has 0 aromatic rings. The number of nitrogens with zero attached hydrogens (tertiary/aromatic N) is 1. The van der Waals surface area contributed by atoms with Gasteiger partial charge in [-0.25, -0.2) is 0 Å². The van der Waals surface area contributed by atoms with Gasteiger partial charge in [-0.15, -0.1) is 18.3 Å². The average Bonchev–Trinajstić information content (AvgIpc) is 3.21. The fraction of sp³-hybridized carbons (Fsp3) is 0.821. The summed E-state index contributed by atoms with van der Waals surface area (Å²) in [5, 5.41) is 24.4. The molecule has 0 amide bonds. The number of hydrogen-bond donors (Lipinski definition) is 2. The van der Waals surface area contributed by atoms with Crippen molar-refractivity contribution in [2.24, 2.45) is 39.2 Å². The van der Waals surface area contributed by atoms with E-state index < -0.39 is 23.0 Å². The van der Waals surface area contributed by atoms with Crippen LogP contribution in [0.25, 0.3) is 0 Å². The van der Waals surface area contributed by atoms with Gasteiger partial charge in [0.25, 0.3) is 0 Å². The van der Waals surface area contributed by atoms with Gasteiger partial charge < -0.3 is 15.1 Å². The highest BCUT2D eigenvalue weighted by molar-refractivity contribution is 8.00. The standard InChI is InChI=1S/C28H43NO5S/c1-6-26(4)15-22(34-23(31)16-35-20-9-7-8-19(14-20)29-33)27(5)17(2)10-12-28(18(3)25(26)32)13-11-21(30)24(27)28/h6,17-18,20,22,24-25,32-33H,1,7-16H2,2-5H3/t17?,18-,20?,22+,24?,25?,26+,27-,28?/m0/s1. The molecule has 4 fully saturated rings. The second kappa shape index (κ2) is 9.85. The third-order valence-corrected chi connectivity index (χ3v) is 11.9. The molecule has 0 aromatic heterocycles. The van der Waals surface area contributed by atoms with E-state index in [0.29, 0.717) is 19.3 Å². The van der Waals surface area contributed by atoms with Crippen LogP contribution < -0.4 is 0 Å². The summed E-state index contributed by atoms with van der Waals surface area (Å²) in [6.07, 6.45) is 7.88. The van der Waals surface area contributed by atoms with Crippen molar-refractivity contribution in [1.29, 1.82) is 0 Å². The summed E-state index contributed by atoms with van der Waals surface area (Å²) in [4.78, 5) is 26.7. The Morgan fingerprint density at radius 3 is 2.69 bits per heavy atom. The molecule has 0 spiro atoms. The maximum Gasteiger partial charge on any atom is 0.316 e. The number of esters is 1. The summed E-state index contributed by atoms with van der Waals surface area (Å²) in [6.45, 7) is 12.6. The van der Waals surface area contributed by atoms with Gasteiger partial charge in [0.2, 0.25) is 0 Å². The number of aliphatic hydroxyl groups excluding tert-OH is 1. The smallest absolute Gasteiger partial charge is 0.316 e. The third kappa shape index (κ3) is 4.39. The molecular formula is C28H43NO5S. The lowest BCUT2D eigenvalue weighted by Crippen LogP contribution is -2.63. The molecule has 4 rings (SSSR count). The van der Waals surface area contributed by atoms with Gasteiger partial charge in [0.05, 0.1) is 17.6 Å². The summed E-state index contributed by atoms with van der Waals surface area (Å²) in [7, 11) is 0. The Bertz CT molecular complexity index is 891. The molecule has 9 atom stereocenters. The van der Waals surface area contributed by atoms with Crippen LogP contribution in [0, 0.1) is 34.0 Å². The summed E-state index contributed by atoms with van der Waals surface area (Å²) >= 11 is 1.57. The first kappa shape index (κ1) is 26.7. The van der Waals surface area contributed by atoms with Gasteiger partial charge in [-0.3, -0.25) is 9.59 Å². The lowest BCUT2D eigenvalue weighted by atomic mass is 9.44. The van der Waals surface area contributed by atoms with E-state index >= 15 is 0 Å². The summed E-state index contributed by atoms with van der Waals surface area (Å²) in [5.41, 5.74) is -0.558. The molecule has 4 aliphatic carbocycles. The molecule has 0 aromatic carbocycles. The van der Waals surface area contributed by atoms with Crippen LogP contribution in [0.2, 0.25) is 0 Å². The second-order valence-corrected chi connectivity index (χ2v) is 13.5. The highest BCUT2D eigenvalue weighted by Gasteiger charge is 2.68. The topological polar surface area (TPSA) is 96.2 Å². The monoisotopic (exact) mass is 505 g/mol. The minimum atomic E-state index is -0.652. The minimum Gasteiger partial charge on any atom is -0.461 e. The van der Waals surface area contributed by atoms with Crippen LogP contribution in [0.5, 0.6) is 0 Å². The SMILES string of the molecule is C=C[C@]1(C)C[C@@H](OC(=O)CSC2CCCC(=NO)C2)[C@]2(C)C(C)CCC3(CCC(=O)C32)[C@@H](C)C1O. The molecule has 5 unspecified atom stereocenters. The van der Waals surface area contributed by atoms with Crippen LogP contribution in [-0.4, -0.2) is 51.0 Å². The first-order chi connectivity index (χ1) is 16.5. The fourth-order valence-corrected chi connectivity index (χ4v) is 9.20. The quantitative estimate of drug-likeness (QED) is 0.225. The highest BCUT2D eigenvalue weighted by atomic mass is 32.2. The van der Waals surface area contributed by atoms with E-state index in [4.69, 9.17) is 9.94 Å². The predicted molar refractivity (Wildman–Crippen MR) is 139 cm³/mol. The number of Topliss-reactive ketones (excluding diaryl/α,β-unsaturated/α-hetero) is 1. The largest absolute Gasteiger partial charge is 0.461 e. The molecule has 2 bridgehead atoms. The zero-order valence-corrected chi connectivity index (χ0v) is 22.6. The van der Waals surface area contributed by atoms with Crippen LogP contribution in [0.15, 0.2) is 17.8 Å². The Hall–Kier alpha value is -1.34. The van der Waals surface area contributed by atoms with Crippen molar-refractivity contribution >= 4 is 29.2 Å². The van der Waals surface area contributed by atoms with E-state index in [2.05, 4.69) is 32.5 Å². The lowest BCUT2D eigenvalue weighted by Gasteiger charge is -2.61. The molecule has 0 radical (unpaired) electrons. The Kier molecular flexibility index (Phi) is 7.52. The van der Waals surface area contributed by atoms with Crippen LogP contribution in [-0.2, 0) is 14.3 Å². The normalized spacial score (nSPS) is 47.0. The van der Waals surface area contributed by atoms with Crippen molar-refractivity contribution in [2.75, 3.05) is 5.75 Å². The van der Waals surface area contributed by atoms with E-state index in [1.54, 1.807) is 11.8 Å².